The maximum Gasteiger partial charge on any atom is 0.261 e. The molecule has 5 nitrogen and oxygen atoms in total. The van der Waals surface area contributed by atoms with Gasteiger partial charge >= 0.3 is 0 Å². The Morgan fingerprint density at radius 2 is 2.22 bits per heavy atom. The molecule has 0 atom stereocenters. The number of thiophene rings is 1. The summed E-state index contributed by atoms with van der Waals surface area (Å²) in [6.07, 6.45) is 5.83. The van der Waals surface area contributed by atoms with Crippen LogP contribution in [0.25, 0.3) is 0 Å². The fraction of sp³-hybridized carbons (Fsp3) is 0.500. The van der Waals surface area contributed by atoms with E-state index in [1.165, 1.54) is 29.7 Å². The molecule has 0 saturated heterocycles. The first-order chi connectivity index (χ1) is 8.70. The zero-order valence-corrected chi connectivity index (χ0v) is 10.9. The molecule has 0 bridgehead atoms. The predicted octanol–water partition coefficient (Wildman–Crippen LogP) is 1.49. The van der Waals surface area contributed by atoms with Gasteiger partial charge in [-0.25, -0.2) is 0 Å². The van der Waals surface area contributed by atoms with E-state index in [2.05, 4.69) is 10.5 Å². The number of amidine groups is 1. The molecule has 0 unspecified atom stereocenters. The first kappa shape index (κ1) is 12.9. The number of nitrogens with zero attached hydrogens (tertiary/aromatic N) is 1. The second-order valence-corrected chi connectivity index (χ2v) is 5.53. The SMILES string of the molecule is N/C(CNC(=O)c1cc2c(s1)CCCCC2)=N\O. The molecule has 0 aromatic carbocycles. The number of carbonyl (C=O) groups is 1. The molecule has 0 fully saturated rings. The second-order valence-electron chi connectivity index (χ2n) is 4.39. The maximum atomic E-state index is 11.9. The molecule has 2 rings (SSSR count). The predicted molar refractivity (Wildman–Crippen MR) is 71.3 cm³/mol. The van der Waals surface area contributed by atoms with Crippen LogP contribution in [0.15, 0.2) is 11.2 Å². The van der Waals surface area contributed by atoms with Crippen molar-refractivity contribution in [3.63, 3.8) is 0 Å². The van der Waals surface area contributed by atoms with Crippen LogP contribution in [0, 0.1) is 0 Å². The fourth-order valence-electron chi connectivity index (χ4n) is 2.07. The van der Waals surface area contributed by atoms with E-state index in [0.29, 0.717) is 4.88 Å². The number of carbonyl (C=O) groups excluding carboxylic acids is 1. The minimum atomic E-state index is -0.153. The smallest absolute Gasteiger partial charge is 0.261 e. The van der Waals surface area contributed by atoms with Gasteiger partial charge in [0, 0.05) is 4.88 Å². The van der Waals surface area contributed by atoms with E-state index in [0.717, 1.165) is 12.8 Å². The molecule has 1 aromatic heterocycles. The highest BCUT2D eigenvalue weighted by Crippen LogP contribution is 2.28. The zero-order valence-electron chi connectivity index (χ0n) is 10.1. The Morgan fingerprint density at radius 3 is 3.00 bits per heavy atom. The summed E-state index contributed by atoms with van der Waals surface area (Å²) in [5.41, 5.74) is 6.62. The standard InChI is InChI=1S/C12H17N3O2S/c13-11(15-17)7-14-12(16)10-6-8-4-2-1-3-5-9(8)18-10/h6,17H,1-5,7H2,(H2,13,15)(H,14,16). The average molecular weight is 267 g/mol. The Hall–Kier alpha value is -1.56. The van der Waals surface area contributed by atoms with Gasteiger partial charge in [0.2, 0.25) is 0 Å². The minimum Gasteiger partial charge on any atom is -0.409 e. The summed E-state index contributed by atoms with van der Waals surface area (Å²) in [4.78, 5) is 13.9. The van der Waals surface area contributed by atoms with Crippen LogP contribution in [0.5, 0.6) is 0 Å². The van der Waals surface area contributed by atoms with Crippen molar-refractivity contribution in [2.75, 3.05) is 6.54 Å². The summed E-state index contributed by atoms with van der Waals surface area (Å²) >= 11 is 1.56. The van der Waals surface area contributed by atoms with E-state index in [4.69, 9.17) is 10.9 Å². The van der Waals surface area contributed by atoms with Gasteiger partial charge in [0.1, 0.15) is 0 Å². The monoisotopic (exact) mass is 267 g/mol. The van der Waals surface area contributed by atoms with Gasteiger partial charge in [-0.3, -0.25) is 4.79 Å². The molecule has 1 heterocycles. The first-order valence-electron chi connectivity index (χ1n) is 6.07. The van der Waals surface area contributed by atoms with Crippen molar-refractivity contribution in [3.05, 3.63) is 21.4 Å². The van der Waals surface area contributed by atoms with Crippen LogP contribution in [-0.2, 0) is 12.8 Å². The summed E-state index contributed by atoms with van der Waals surface area (Å²) in [5.74, 6) is -0.152. The lowest BCUT2D eigenvalue weighted by Crippen LogP contribution is -2.33. The lowest BCUT2D eigenvalue weighted by atomic mass is 10.1. The van der Waals surface area contributed by atoms with Crippen LogP contribution in [0.1, 0.15) is 39.4 Å². The van der Waals surface area contributed by atoms with Crippen molar-refractivity contribution >= 4 is 23.1 Å². The van der Waals surface area contributed by atoms with Gasteiger partial charge < -0.3 is 16.3 Å². The molecular formula is C12H17N3O2S. The Bertz CT molecular complexity index is 444. The molecule has 0 radical (unpaired) electrons. The third kappa shape index (κ3) is 3.01. The Kier molecular flexibility index (Phi) is 4.19. The highest BCUT2D eigenvalue weighted by atomic mass is 32.1. The van der Waals surface area contributed by atoms with Gasteiger partial charge in [-0.1, -0.05) is 11.6 Å². The van der Waals surface area contributed by atoms with E-state index in [1.807, 2.05) is 6.07 Å². The van der Waals surface area contributed by atoms with Gasteiger partial charge in [-0.15, -0.1) is 11.3 Å². The zero-order chi connectivity index (χ0) is 13.0. The lowest BCUT2D eigenvalue weighted by molar-refractivity contribution is 0.0963. The molecule has 98 valence electrons. The third-order valence-electron chi connectivity index (χ3n) is 3.03. The Morgan fingerprint density at radius 1 is 1.44 bits per heavy atom. The molecule has 18 heavy (non-hydrogen) atoms. The normalized spacial score (nSPS) is 15.9. The molecule has 1 aliphatic rings. The van der Waals surface area contributed by atoms with Crippen molar-refractivity contribution in [2.45, 2.75) is 32.1 Å². The summed E-state index contributed by atoms with van der Waals surface area (Å²) in [6, 6.07) is 1.98. The van der Waals surface area contributed by atoms with Crippen LogP contribution >= 0.6 is 11.3 Å². The molecule has 0 saturated carbocycles. The van der Waals surface area contributed by atoms with Crippen molar-refractivity contribution < 1.29 is 10.0 Å². The van der Waals surface area contributed by atoms with Gasteiger partial charge in [-0.2, -0.15) is 0 Å². The fourth-order valence-corrected chi connectivity index (χ4v) is 3.24. The van der Waals surface area contributed by atoms with E-state index in [1.54, 1.807) is 11.3 Å². The second kappa shape index (κ2) is 5.86. The van der Waals surface area contributed by atoms with Crippen LogP contribution in [-0.4, -0.2) is 23.5 Å². The third-order valence-corrected chi connectivity index (χ3v) is 4.26. The topological polar surface area (TPSA) is 87.7 Å². The van der Waals surface area contributed by atoms with Crippen LogP contribution in [0.2, 0.25) is 0 Å². The molecule has 0 aliphatic heterocycles. The summed E-state index contributed by atoms with van der Waals surface area (Å²) < 4.78 is 0. The number of aryl methyl sites for hydroxylation is 2. The van der Waals surface area contributed by atoms with E-state index < -0.39 is 0 Å². The summed E-state index contributed by atoms with van der Waals surface area (Å²) in [7, 11) is 0. The number of hydrogen-bond acceptors (Lipinski definition) is 4. The van der Waals surface area contributed by atoms with Gasteiger partial charge in [-0.05, 0) is 37.3 Å². The number of rotatable bonds is 3. The number of nitrogens with one attached hydrogen (secondary N) is 1. The van der Waals surface area contributed by atoms with Gasteiger partial charge in [0.15, 0.2) is 5.84 Å². The molecule has 0 spiro atoms. The van der Waals surface area contributed by atoms with Crippen LogP contribution in [0.3, 0.4) is 0 Å². The number of hydrogen-bond donors (Lipinski definition) is 3. The van der Waals surface area contributed by atoms with Crippen LogP contribution in [0.4, 0.5) is 0 Å². The summed E-state index contributed by atoms with van der Waals surface area (Å²) in [6.45, 7) is 0.0674. The maximum absolute atomic E-state index is 11.9. The number of amides is 1. The average Bonchev–Trinajstić information content (AvgIpc) is 2.67. The highest BCUT2D eigenvalue weighted by Gasteiger charge is 2.16. The molecule has 1 aliphatic carbocycles. The number of fused-ring (bicyclic) bond motifs is 1. The summed E-state index contributed by atoms with van der Waals surface area (Å²) in [5, 5.41) is 13.8. The largest absolute Gasteiger partial charge is 0.409 e. The minimum absolute atomic E-state index is 0.00136. The van der Waals surface area contributed by atoms with E-state index in [-0.39, 0.29) is 18.3 Å². The molecule has 6 heteroatoms. The number of nitrogens with two attached hydrogens (primary N) is 1. The quantitative estimate of drug-likeness (QED) is 0.255. The molecule has 4 N–H and O–H groups in total. The lowest BCUT2D eigenvalue weighted by Gasteiger charge is -2.01. The molecule has 1 amide bonds. The van der Waals surface area contributed by atoms with Crippen molar-refractivity contribution in [1.82, 2.24) is 5.32 Å². The molecular weight excluding hydrogens is 250 g/mol. The van der Waals surface area contributed by atoms with Crippen molar-refractivity contribution in [3.8, 4) is 0 Å². The first-order valence-corrected chi connectivity index (χ1v) is 6.88. The van der Waals surface area contributed by atoms with E-state index in [9.17, 15) is 4.79 Å². The molecule has 1 aromatic rings. The Labute approximate surface area is 110 Å². The van der Waals surface area contributed by atoms with Gasteiger partial charge in [0.05, 0.1) is 11.4 Å². The highest BCUT2D eigenvalue weighted by molar-refractivity contribution is 7.14. The van der Waals surface area contributed by atoms with Gasteiger partial charge in [0.25, 0.3) is 5.91 Å². The Balaban J connectivity index is 2.03. The van der Waals surface area contributed by atoms with Crippen LogP contribution < -0.4 is 11.1 Å². The van der Waals surface area contributed by atoms with Crippen molar-refractivity contribution in [1.29, 1.82) is 0 Å². The number of oxime groups is 1. The van der Waals surface area contributed by atoms with Crippen molar-refractivity contribution in [2.24, 2.45) is 10.9 Å². The van der Waals surface area contributed by atoms with E-state index >= 15 is 0 Å².